The van der Waals surface area contributed by atoms with Crippen molar-refractivity contribution in [3.63, 3.8) is 0 Å². The normalized spacial score (nSPS) is 21.6. The summed E-state index contributed by atoms with van der Waals surface area (Å²) in [4.78, 5) is 7.15. The lowest BCUT2D eigenvalue weighted by Crippen LogP contribution is -2.57. The van der Waals surface area contributed by atoms with Crippen molar-refractivity contribution in [2.24, 2.45) is 5.84 Å². The molecule has 0 aliphatic carbocycles. The molecule has 0 aromatic carbocycles. The summed E-state index contributed by atoms with van der Waals surface area (Å²) in [5.74, 6) is 6.97. The van der Waals surface area contributed by atoms with E-state index in [0.717, 1.165) is 31.9 Å². The maximum atomic E-state index is 5.93. The molecule has 5 heteroatoms. The van der Waals surface area contributed by atoms with E-state index in [1.54, 1.807) is 0 Å². The molecule has 0 radical (unpaired) electrons. The number of imidazole rings is 1. The van der Waals surface area contributed by atoms with Crippen molar-refractivity contribution in [1.29, 1.82) is 0 Å². The van der Waals surface area contributed by atoms with Crippen molar-refractivity contribution < 1.29 is 0 Å². The van der Waals surface area contributed by atoms with Gasteiger partial charge in [0.2, 0.25) is 0 Å². The predicted octanol–water partition coefficient (Wildman–Crippen LogP) is 2.06. The molecule has 1 aromatic rings. The number of nitrogens with two attached hydrogens (primary N) is 1. The second-order valence-corrected chi connectivity index (χ2v) is 5.93. The molecular formula is C15H29N5. The quantitative estimate of drug-likeness (QED) is 0.618. The van der Waals surface area contributed by atoms with Crippen LogP contribution in [0, 0.1) is 0 Å². The lowest BCUT2D eigenvalue weighted by atomic mass is 9.85. The fourth-order valence-corrected chi connectivity index (χ4v) is 3.40. The van der Waals surface area contributed by atoms with Gasteiger partial charge < -0.3 is 4.57 Å². The number of aryl methyl sites for hydroxylation is 1. The minimum atomic E-state index is 0.00738. The molecule has 1 aliphatic rings. The van der Waals surface area contributed by atoms with Gasteiger partial charge in [0.1, 0.15) is 5.82 Å². The highest BCUT2D eigenvalue weighted by Crippen LogP contribution is 2.35. The first-order chi connectivity index (χ1) is 9.67. The van der Waals surface area contributed by atoms with Crippen LogP contribution in [-0.2, 0) is 6.54 Å². The number of piperidine rings is 1. The Labute approximate surface area is 122 Å². The van der Waals surface area contributed by atoms with Gasteiger partial charge >= 0.3 is 0 Å². The third-order valence-electron chi connectivity index (χ3n) is 4.93. The zero-order valence-corrected chi connectivity index (χ0v) is 13.1. The van der Waals surface area contributed by atoms with Crippen LogP contribution >= 0.6 is 0 Å². The molecular weight excluding hydrogens is 250 g/mol. The minimum absolute atomic E-state index is 0.00738. The monoisotopic (exact) mass is 279 g/mol. The summed E-state index contributed by atoms with van der Waals surface area (Å²) in [6, 6.07) is 0.0561. The van der Waals surface area contributed by atoms with Gasteiger partial charge in [0.05, 0.1) is 6.04 Å². The maximum absolute atomic E-state index is 5.93. The third-order valence-corrected chi connectivity index (χ3v) is 4.93. The smallest absolute Gasteiger partial charge is 0.129 e. The summed E-state index contributed by atoms with van der Waals surface area (Å²) in [5, 5.41) is 0. The Morgan fingerprint density at radius 3 is 2.60 bits per heavy atom. The molecule has 5 nitrogen and oxygen atoms in total. The molecule has 0 bridgehead atoms. The van der Waals surface area contributed by atoms with Gasteiger partial charge in [-0.15, -0.1) is 0 Å². The standard InChI is InChI=1S/C15H29N5/c1-4-15(3,20-10-7-6-8-11-20)13(18-16)14-17-9-12-19(14)5-2/h9,12-13,18H,4-8,10-11,16H2,1-3H3. The number of rotatable bonds is 6. The van der Waals surface area contributed by atoms with E-state index in [0.29, 0.717) is 0 Å². The summed E-state index contributed by atoms with van der Waals surface area (Å²) >= 11 is 0. The molecule has 1 aliphatic heterocycles. The van der Waals surface area contributed by atoms with Crippen molar-refractivity contribution >= 4 is 0 Å². The van der Waals surface area contributed by atoms with Gasteiger partial charge in [-0.05, 0) is 46.2 Å². The molecule has 114 valence electrons. The first kappa shape index (κ1) is 15.5. The fraction of sp³-hybridized carbons (Fsp3) is 0.800. The van der Waals surface area contributed by atoms with Gasteiger partial charge in [0, 0.05) is 24.5 Å². The van der Waals surface area contributed by atoms with Crippen molar-refractivity contribution in [3.8, 4) is 0 Å². The highest BCUT2D eigenvalue weighted by atomic mass is 15.3. The second kappa shape index (κ2) is 6.70. The lowest BCUT2D eigenvalue weighted by Gasteiger charge is -2.47. The van der Waals surface area contributed by atoms with E-state index in [9.17, 15) is 0 Å². The molecule has 1 fully saturated rings. The Hall–Kier alpha value is -0.910. The molecule has 1 aromatic heterocycles. The Morgan fingerprint density at radius 2 is 2.05 bits per heavy atom. The van der Waals surface area contributed by atoms with Crippen molar-refractivity contribution in [2.45, 2.75) is 64.6 Å². The summed E-state index contributed by atoms with van der Waals surface area (Å²) in [7, 11) is 0. The molecule has 3 N–H and O–H groups in total. The number of likely N-dealkylation sites (tertiary alicyclic amines) is 1. The van der Waals surface area contributed by atoms with Crippen LogP contribution in [0.1, 0.15) is 58.3 Å². The van der Waals surface area contributed by atoms with Crippen LogP contribution in [0.25, 0.3) is 0 Å². The molecule has 2 atom stereocenters. The van der Waals surface area contributed by atoms with E-state index in [4.69, 9.17) is 5.84 Å². The Bertz CT molecular complexity index is 410. The first-order valence-corrected chi connectivity index (χ1v) is 7.89. The molecule has 2 rings (SSSR count). The van der Waals surface area contributed by atoms with Gasteiger partial charge in [0.25, 0.3) is 0 Å². The summed E-state index contributed by atoms with van der Waals surface area (Å²) in [6.07, 6.45) is 8.88. The van der Waals surface area contributed by atoms with Crippen molar-refractivity contribution in [1.82, 2.24) is 19.9 Å². The topological polar surface area (TPSA) is 59.1 Å². The van der Waals surface area contributed by atoms with E-state index in [-0.39, 0.29) is 11.6 Å². The second-order valence-electron chi connectivity index (χ2n) is 5.93. The molecule has 0 spiro atoms. The van der Waals surface area contributed by atoms with Crippen LogP contribution < -0.4 is 11.3 Å². The largest absolute Gasteiger partial charge is 0.334 e. The van der Waals surface area contributed by atoms with E-state index in [1.165, 1.54) is 19.3 Å². The Morgan fingerprint density at radius 1 is 1.35 bits per heavy atom. The highest BCUT2D eigenvalue weighted by molar-refractivity contribution is 5.09. The molecule has 1 saturated heterocycles. The van der Waals surface area contributed by atoms with E-state index in [2.05, 4.69) is 40.6 Å². The van der Waals surface area contributed by atoms with E-state index < -0.39 is 0 Å². The van der Waals surface area contributed by atoms with Gasteiger partial charge in [-0.2, -0.15) is 0 Å². The number of nitrogens with zero attached hydrogens (tertiary/aromatic N) is 3. The first-order valence-electron chi connectivity index (χ1n) is 7.89. The average Bonchev–Trinajstić information content (AvgIpc) is 2.97. The van der Waals surface area contributed by atoms with Gasteiger partial charge in [-0.3, -0.25) is 10.7 Å². The third kappa shape index (κ3) is 2.75. The highest BCUT2D eigenvalue weighted by Gasteiger charge is 2.41. The van der Waals surface area contributed by atoms with Crippen LogP contribution in [0.4, 0.5) is 0 Å². The molecule has 0 amide bonds. The maximum Gasteiger partial charge on any atom is 0.129 e. The van der Waals surface area contributed by atoms with Crippen molar-refractivity contribution in [2.75, 3.05) is 13.1 Å². The number of hydrazine groups is 1. The average molecular weight is 279 g/mol. The number of hydrogen-bond acceptors (Lipinski definition) is 4. The minimum Gasteiger partial charge on any atom is -0.334 e. The Kier molecular flexibility index (Phi) is 5.18. The molecule has 0 saturated carbocycles. The van der Waals surface area contributed by atoms with Crippen LogP contribution in [-0.4, -0.2) is 33.1 Å². The zero-order valence-electron chi connectivity index (χ0n) is 13.1. The number of aromatic nitrogens is 2. The zero-order chi connectivity index (χ0) is 14.6. The number of nitrogens with one attached hydrogen (secondary N) is 1. The number of hydrogen-bond donors (Lipinski definition) is 2. The van der Waals surface area contributed by atoms with E-state index >= 15 is 0 Å². The molecule has 2 unspecified atom stereocenters. The summed E-state index contributed by atoms with van der Waals surface area (Å²) in [5.41, 5.74) is 3.05. The SMILES string of the molecule is CCn1ccnc1C(NN)C(C)(CC)N1CCCCC1. The van der Waals surface area contributed by atoms with Gasteiger partial charge in [-0.25, -0.2) is 10.4 Å². The Balaban J connectivity index is 2.30. The van der Waals surface area contributed by atoms with Crippen LogP contribution in [0.2, 0.25) is 0 Å². The molecule has 20 heavy (non-hydrogen) atoms. The van der Waals surface area contributed by atoms with Crippen LogP contribution in [0.15, 0.2) is 12.4 Å². The molecule has 2 heterocycles. The van der Waals surface area contributed by atoms with Crippen molar-refractivity contribution in [3.05, 3.63) is 18.2 Å². The van der Waals surface area contributed by atoms with E-state index in [1.807, 2.05) is 12.4 Å². The summed E-state index contributed by atoms with van der Waals surface area (Å²) < 4.78 is 2.18. The fourth-order valence-electron chi connectivity index (χ4n) is 3.40. The van der Waals surface area contributed by atoms with Crippen LogP contribution in [0.3, 0.4) is 0 Å². The predicted molar refractivity (Wildman–Crippen MR) is 82.1 cm³/mol. The van der Waals surface area contributed by atoms with Gasteiger partial charge in [-0.1, -0.05) is 13.3 Å². The van der Waals surface area contributed by atoms with Crippen LogP contribution in [0.5, 0.6) is 0 Å². The van der Waals surface area contributed by atoms with Gasteiger partial charge in [0.15, 0.2) is 0 Å². The lowest BCUT2D eigenvalue weighted by molar-refractivity contribution is 0.0387. The summed E-state index contributed by atoms with van der Waals surface area (Å²) in [6.45, 7) is 9.96.